The second kappa shape index (κ2) is 7.90. The van der Waals surface area contributed by atoms with Gasteiger partial charge < -0.3 is 14.7 Å². The molecule has 0 saturated carbocycles. The molecule has 2 N–H and O–H groups in total. The first-order valence-corrected chi connectivity index (χ1v) is 11.4. The van der Waals surface area contributed by atoms with Crippen LogP contribution in [-0.2, 0) is 12.6 Å². The average Bonchev–Trinajstić information content (AvgIpc) is 3.41. The van der Waals surface area contributed by atoms with Gasteiger partial charge in [0.05, 0.1) is 28.1 Å². The van der Waals surface area contributed by atoms with E-state index in [-0.39, 0.29) is 5.56 Å². The van der Waals surface area contributed by atoms with Gasteiger partial charge in [-0.3, -0.25) is 4.79 Å². The Hall–Kier alpha value is -2.90. The second-order valence-electron chi connectivity index (χ2n) is 7.52. The zero-order chi connectivity index (χ0) is 22.5. The number of hydrogen-bond donors (Lipinski definition) is 2. The molecule has 5 nitrogen and oxygen atoms in total. The lowest BCUT2D eigenvalue weighted by Gasteiger charge is -2.29. The molecule has 0 amide bonds. The SMILES string of the molecule is Cn1cncc1C(O)(c1ccc2[nH]c(=O)cc(-c3cccc(Cl)c3)c2c1)c1sccc1Cl. The van der Waals surface area contributed by atoms with Crippen molar-refractivity contribution in [2.45, 2.75) is 5.60 Å². The maximum atomic E-state index is 12.3. The van der Waals surface area contributed by atoms with E-state index >= 15 is 0 Å². The number of fused-ring (bicyclic) bond motifs is 1. The van der Waals surface area contributed by atoms with Gasteiger partial charge in [-0.15, -0.1) is 11.3 Å². The first-order chi connectivity index (χ1) is 15.4. The highest BCUT2D eigenvalue weighted by molar-refractivity contribution is 7.10. The highest BCUT2D eigenvalue weighted by Gasteiger charge is 2.39. The molecular weight excluding hydrogens is 465 g/mol. The molecular formula is C24H17Cl2N3O2S. The van der Waals surface area contributed by atoms with E-state index in [2.05, 4.69) is 9.97 Å². The van der Waals surface area contributed by atoms with E-state index < -0.39 is 5.60 Å². The number of rotatable bonds is 4. The standard InChI is InChI=1S/C24H17Cl2N3O2S/c1-29-13-27-12-21(29)24(31,23-19(26)7-8-32-23)15-5-6-20-18(10-15)17(11-22(30)28-20)14-3-2-4-16(25)9-14/h2-13,31H,1H3,(H,28,30). The van der Waals surface area contributed by atoms with Crippen molar-refractivity contribution in [1.82, 2.24) is 14.5 Å². The lowest BCUT2D eigenvalue weighted by molar-refractivity contribution is 0.121. The summed E-state index contributed by atoms with van der Waals surface area (Å²) in [6, 6.07) is 16.1. The Morgan fingerprint density at radius 3 is 2.66 bits per heavy atom. The van der Waals surface area contributed by atoms with Crippen LogP contribution in [0.3, 0.4) is 0 Å². The molecule has 1 atom stereocenters. The Labute approximate surface area is 197 Å². The van der Waals surface area contributed by atoms with E-state index in [1.54, 1.807) is 47.4 Å². The van der Waals surface area contributed by atoms with E-state index in [1.165, 1.54) is 11.3 Å². The van der Waals surface area contributed by atoms with Crippen LogP contribution in [0.15, 0.2) is 77.3 Å². The number of aromatic nitrogens is 3. The molecule has 8 heteroatoms. The van der Waals surface area contributed by atoms with E-state index in [4.69, 9.17) is 23.2 Å². The molecule has 0 fully saturated rings. The van der Waals surface area contributed by atoms with Crippen molar-refractivity contribution in [2.75, 3.05) is 0 Å². The van der Waals surface area contributed by atoms with Gasteiger partial charge in [0, 0.05) is 29.0 Å². The fourth-order valence-corrected chi connectivity index (χ4v) is 5.54. The summed E-state index contributed by atoms with van der Waals surface area (Å²) in [5.41, 5.74) is 1.61. The van der Waals surface area contributed by atoms with E-state index in [0.717, 1.165) is 16.5 Å². The maximum Gasteiger partial charge on any atom is 0.249 e. The molecule has 0 aliphatic rings. The van der Waals surface area contributed by atoms with Crippen LogP contribution in [0.5, 0.6) is 0 Å². The van der Waals surface area contributed by atoms with Crippen molar-refractivity contribution in [1.29, 1.82) is 0 Å². The minimum Gasteiger partial charge on any atom is -0.374 e. The molecule has 32 heavy (non-hydrogen) atoms. The van der Waals surface area contributed by atoms with Crippen LogP contribution in [0.25, 0.3) is 22.0 Å². The third kappa shape index (κ3) is 3.36. The van der Waals surface area contributed by atoms with Crippen LogP contribution < -0.4 is 5.56 Å². The number of nitrogens with zero attached hydrogens (tertiary/aromatic N) is 2. The molecule has 0 bridgehead atoms. The van der Waals surface area contributed by atoms with Gasteiger partial charge in [0.2, 0.25) is 5.56 Å². The van der Waals surface area contributed by atoms with Gasteiger partial charge in [-0.2, -0.15) is 0 Å². The number of nitrogens with one attached hydrogen (secondary N) is 1. The fourth-order valence-electron chi connectivity index (χ4n) is 4.03. The van der Waals surface area contributed by atoms with Crippen molar-refractivity contribution >= 4 is 45.4 Å². The van der Waals surface area contributed by atoms with Crippen LogP contribution >= 0.6 is 34.5 Å². The number of aryl methyl sites for hydroxylation is 1. The van der Waals surface area contributed by atoms with Crippen LogP contribution in [0.2, 0.25) is 10.0 Å². The minimum absolute atomic E-state index is 0.219. The van der Waals surface area contributed by atoms with Crippen molar-refractivity contribution < 1.29 is 5.11 Å². The second-order valence-corrected chi connectivity index (χ2v) is 9.28. The summed E-state index contributed by atoms with van der Waals surface area (Å²) in [6.45, 7) is 0. The Morgan fingerprint density at radius 1 is 1.12 bits per heavy atom. The Bertz CT molecular complexity index is 1480. The molecule has 0 aliphatic heterocycles. The number of aromatic amines is 1. The smallest absolute Gasteiger partial charge is 0.249 e. The summed E-state index contributed by atoms with van der Waals surface area (Å²) in [5, 5.41) is 15.8. The van der Waals surface area contributed by atoms with E-state index in [0.29, 0.717) is 31.7 Å². The zero-order valence-electron chi connectivity index (χ0n) is 16.8. The molecule has 3 aromatic heterocycles. The molecule has 0 aliphatic carbocycles. The Balaban J connectivity index is 1.83. The molecule has 2 aromatic carbocycles. The minimum atomic E-state index is -1.54. The number of benzene rings is 2. The van der Waals surface area contributed by atoms with Crippen LogP contribution in [0, 0.1) is 0 Å². The molecule has 5 aromatic rings. The van der Waals surface area contributed by atoms with E-state index in [1.807, 2.05) is 36.7 Å². The molecule has 160 valence electrons. The number of H-pyrrole nitrogens is 1. The van der Waals surface area contributed by atoms with Gasteiger partial charge in [0.1, 0.15) is 0 Å². The number of thiophene rings is 1. The summed E-state index contributed by atoms with van der Waals surface area (Å²) in [5.74, 6) is 0. The molecule has 0 spiro atoms. The lowest BCUT2D eigenvalue weighted by atomic mass is 9.87. The van der Waals surface area contributed by atoms with Crippen LogP contribution in [0.4, 0.5) is 0 Å². The number of pyridine rings is 1. The summed E-state index contributed by atoms with van der Waals surface area (Å²) in [6.07, 6.45) is 3.27. The van der Waals surface area contributed by atoms with Gasteiger partial charge in [-0.1, -0.05) is 41.4 Å². The largest absolute Gasteiger partial charge is 0.374 e. The van der Waals surface area contributed by atoms with Gasteiger partial charge in [0.15, 0.2) is 5.60 Å². The van der Waals surface area contributed by atoms with Gasteiger partial charge in [-0.25, -0.2) is 4.98 Å². The number of aliphatic hydroxyl groups is 1. The summed E-state index contributed by atoms with van der Waals surface area (Å²) >= 11 is 14.1. The molecule has 0 radical (unpaired) electrons. The number of imidazole rings is 1. The molecule has 3 heterocycles. The summed E-state index contributed by atoms with van der Waals surface area (Å²) < 4.78 is 1.77. The van der Waals surface area contributed by atoms with Gasteiger partial charge >= 0.3 is 0 Å². The van der Waals surface area contributed by atoms with Crippen molar-refractivity contribution in [3.63, 3.8) is 0 Å². The van der Waals surface area contributed by atoms with Crippen molar-refractivity contribution in [3.8, 4) is 11.1 Å². The van der Waals surface area contributed by atoms with Gasteiger partial charge in [-0.05, 0) is 52.4 Å². The average molecular weight is 482 g/mol. The topological polar surface area (TPSA) is 70.9 Å². The third-order valence-corrected chi connectivity index (χ3v) is 7.21. The predicted octanol–water partition coefficient (Wildman–Crippen LogP) is 5.58. The zero-order valence-corrected chi connectivity index (χ0v) is 19.2. The Morgan fingerprint density at radius 2 is 1.97 bits per heavy atom. The summed E-state index contributed by atoms with van der Waals surface area (Å²) in [7, 11) is 1.82. The first kappa shape index (κ1) is 21.0. The Kier molecular flexibility index (Phi) is 5.18. The van der Waals surface area contributed by atoms with Crippen LogP contribution in [-0.4, -0.2) is 19.6 Å². The third-order valence-electron chi connectivity index (χ3n) is 5.53. The first-order valence-electron chi connectivity index (χ1n) is 9.74. The predicted molar refractivity (Wildman–Crippen MR) is 130 cm³/mol. The van der Waals surface area contributed by atoms with Crippen LogP contribution in [0.1, 0.15) is 16.1 Å². The highest BCUT2D eigenvalue weighted by atomic mass is 35.5. The van der Waals surface area contributed by atoms with Gasteiger partial charge in [0.25, 0.3) is 0 Å². The number of hydrogen-bond acceptors (Lipinski definition) is 4. The fraction of sp³-hybridized carbons (Fsp3) is 0.0833. The molecule has 1 unspecified atom stereocenters. The molecule has 0 saturated heterocycles. The van der Waals surface area contributed by atoms with Crippen molar-refractivity contribution in [3.05, 3.63) is 109 Å². The van der Waals surface area contributed by atoms with Crippen molar-refractivity contribution in [2.24, 2.45) is 7.05 Å². The maximum absolute atomic E-state index is 12.3. The lowest BCUT2D eigenvalue weighted by Crippen LogP contribution is -2.30. The summed E-state index contributed by atoms with van der Waals surface area (Å²) in [4.78, 5) is 20.0. The normalized spacial score (nSPS) is 13.4. The molecule has 5 rings (SSSR count). The quantitative estimate of drug-likeness (QED) is 0.351. The monoisotopic (exact) mass is 481 g/mol. The van der Waals surface area contributed by atoms with E-state index in [9.17, 15) is 9.90 Å². The number of halogens is 2. The highest BCUT2D eigenvalue weighted by Crippen LogP contribution is 2.44.